The van der Waals surface area contributed by atoms with Crippen LogP contribution in [0.2, 0.25) is 0 Å². The molecule has 0 saturated carbocycles. The van der Waals surface area contributed by atoms with Gasteiger partial charge in [-0.05, 0) is 0 Å². The fraction of sp³-hybridized carbons (Fsp3) is 0.429. The van der Waals surface area contributed by atoms with E-state index in [2.05, 4.69) is 0 Å². The van der Waals surface area contributed by atoms with Crippen LogP contribution in [0.15, 0.2) is 0 Å². The molecule has 0 amide bonds. The molecule has 0 aromatic carbocycles. The smallest absolute Gasteiger partial charge is 0.312 e. The maximum absolute atomic E-state index is 11.4. The van der Waals surface area contributed by atoms with Crippen molar-refractivity contribution in [3.05, 3.63) is 9.75 Å². The molecule has 2 atom stereocenters. The van der Waals surface area contributed by atoms with Crippen molar-refractivity contribution in [2.75, 3.05) is 13.2 Å². The van der Waals surface area contributed by atoms with Crippen LogP contribution in [0.5, 0.6) is 11.5 Å². The summed E-state index contributed by atoms with van der Waals surface area (Å²) >= 11 is 0.694. The van der Waals surface area contributed by atoms with E-state index in [1.54, 1.807) is 0 Å². The van der Waals surface area contributed by atoms with Crippen molar-refractivity contribution in [1.82, 2.24) is 0 Å². The quantitative estimate of drug-likeness (QED) is 0.511. The van der Waals surface area contributed by atoms with Gasteiger partial charge in [-0.1, -0.05) is 0 Å². The first kappa shape index (κ1) is 18.5. The molecular weight excluding hydrogens is 360 g/mol. The second kappa shape index (κ2) is 7.38. The standard InChI is InChI=1S/C14H14O10S/c15-7(16)3-5(13(19)20)11-9-10(24-2-1-23-9)12(25-11)6(14(21)22)4-8(17)18/h5-6H,1-4H2,(H,15,16)(H,17,18)(H,19,20)(H,21,22). The number of fused-ring (bicyclic) bond motifs is 1. The zero-order chi connectivity index (χ0) is 18.7. The van der Waals surface area contributed by atoms with Crippen LogP contribution in [0.3, 0.4) is 0 Å². The van der Waals surface area contributed by atoms with Gasteiger partial charge in [-0.25, -0.2) is 0 Å². The van der Waals surface area contributed by atoms with Gasteiger partial charge in [0, 0.05) is 0 Å². The molecule has 0 bridgehead atoms. The lowest BCUT2D eigenvalue weighted by atomic mass is 10.0. The zero-order valence-corrected chi connectivity index (χ0v) is 13.4. The predicted molar refractivity (Wildman–Crippen MR) is 80.6 cm³/mol. The predicted octanol–water partition coefficient (Wildman–Crippen LogP) is 0.805. The normalized spacial score (nSPS) is 15.2. The Morgan fingerprint density at radius 3 is 1.44 bits per heavy atom. The first-order valence-corrected chi connectivity index (χ1v) is 7.85. The number of hydrogen-bond donors (Lipinski definition) is 4. The summed E-state index contributed by atoms with van der Waals surface area (Å²) in [6, 6.07) is 0. The summed E-state index contributed by atoms with van der Waals surface area (Å²) in [5.41, 5.74) is 0. The number of rotatable bonds is 8. The van der Waals surface area contributed by atoms with E-state index in [4.69, 9.17) is 19.7 Å². The van der Waals surface area contributed by atoms with Gasteiger partial charge in [0.15, 0.2) is 11.5 Å². The Hall–Kier alpha value is -2.82. The lowest BCUT2D eigenvalue weighted by Gasteiger charge is -2.19. The van der Waals surface area contributed by atoms with Crippen molar-refractivity contribution in [3.8, 4) is 11.5 Å². The van der Waals surface area contributed by atoms with Crippen LogP contribution in [0.25, 0.3) is 0 Å². The minimum absolute atomic E-state index is 0.00348. The van der Waals surface area contributed by atoms with E-state index in [1.165, 1.54) is 0 Å². The average Bonchev–Trinajstić information content (AvgIpc) is 2.88. The van der Waals surface area contributed by atoms with Crippen LogP contribution in [-0.2, 0) is 19.2 Å². The highest BCUT2D eigenvalue weighted by Crippen LogP contribution is 2.51. The van der Waals surface area contributed by atoms with E-state index in [9.17, 15) is 29.4 Å². The van der Waals surface area contributed by atoms with Crippen LogP contribution >= 0.6 is 11.3 Å². The molecule has 1 aliphatic rings. The van der Waals surface area contributed by atoms with Gasteiger partial charge >= 0.3 is 23.9 Å². The van der Waals surface area contributed by atoms with Crippen LogP contribution in [0, 0.1) is 0 Å². The Kier molecular flexibility index (Phi) is 5.47. The molecule has 2 rings (SSSR count). The molecule has 0 fully saturated rings. The molecule has 0 aliphatic carbocycles. The van der Waals surface area contributed by atoms with Gasteiger partial charge in [-0.3, -0.25) is 19.2 Å². The fourth-order valence-corrected chi connectivity index (χ4v) is 3.77. The molecule has 25 heavy (non-hydrogen) atoms. The van der Waals surface area contributed by atoms with Crippen molar-refractivity contribution < 1.29 is 49.1 Å². The number of carbonyl (C=O) groups is 4. The lowest BCUT2D eigenvalue weighted by Crippen LogP contribution is -2.20. The highest BCUT2D eigenvalue weighted by Gasteiger charge is 2.38. The van der Waals surface area contributed by atoms with E-state index in [0.717, 1.165) is 0 Å². The van der Waals surface area contributed by atoms with Gasteiger partial charge in [0.1, 0.15) is 25.0 Å². The molecule has 1 aromatic heterocycles. The van der Waals surface area contributed by atoms with Crippen molar-refractivity contribution in [2.24, 2.45) is 0 Å². The summed E-state index contributed by atoms with van der Waals surface area (Å²) in [6.07, 6.45) is -1.47. The Labute approximate surface area is 144 Å². The van der Waals surface area contributed by atoms with Gasteiger partial charge in [-0.15, -0.1) is 11.3 Å². The Balaban J connectivity index is 2.57. The topological polar surface area (TPSA) is 168 Å². The molecule has 1 aromatic rings. The number of carboxylic acids is 4. The second-order valence-corrected chi connectivity index (χ2v) is 6.25. The largest absolute Gasteiger partial charge is 0.485 e. The number of aliphatic carboxylic acids is 4. The van der Waals surface area contributed by atoms with Crippen molar-refractivity contribution in [3.63, 3.8) is 0 Å². The summed E-state index contributed by atoms with van der Waals surface area (Å²) in [5, 5.41) is 36.5. The average molecular weight is 374 g/mol. The van der Waals surface area contributed by atoms with E-state index in [1.807, 2.05) is 0 Å². The summed E-state index contributed by atoms with van der Waals surface area (Å²) in [4.78, 5) is 44.8. The van der Waals surface area contributed by atoms with Crippen LogP contribution in [0.1, 0.15) is 34.4 Å². The molecule has 0 radical (unpaired) electrons. The summed E-state index contributed by atoms with van der Waals surface area (Å²) in [7, 11) is 0. The molecule has 10 nitrogen and oxygen atoms in total. The molecule has 4 N–H and O–H groups in total. The van der Waals surface area contributed by atoms with Gasteiger partial charge in [-0.2, -0.15) is 0 Å². The maximum Gasteiger partial charge on any atom is 0.312 e. The highest BCUT2D eigenvalue weighted by molar-refractivity contribution is 7.13. The summed E-state index contributed by atoms with van der Waals surface area (Å²) in [5.74, 6) is -8.54. The van der Waals surface area contributed by atoms with E-state index < -0.39 is 48.6 Å². The first-order valence-electron chi connectivity index (χ1n) is 7.03. The maximum atomic E-state index is 11.4. The van der Waals surface area contributed by atoms with Gasteiger partial charge < -0.3 is 29.9 Å². The minimum Gasteiger partial charge on any atom is -0.485 e. The molecule has 1 aliphatic heterocycles. The lowest BCUT2D eigenvalue weighted by molar-refractivity contribution is -0.145. The summed E-state index contributed by atoms with van der Waals surface area (Å²) in [6.45, 7) is 0.151. The number of carboxylic acid groups (broad SMARTS) is 4. The van der Waals surface area contributed by atoms with Gasteiger partial charge in [0.05, 0.1) is 22.6 Å². The molecule has 11 heteroatoms. The van der Waals surface area contributed by atoms with Crippen LogP contribution in [0.4, 0.5) is 0 Å². The number of hydrogen-bond acceptors (Lipinski definition) is 7. The number of thiophene rings is 1. The Morgan fingerprint density at radius 2 is 1.16 bits per heavy atom. The van der Waals surface area contributed by atoms with Crippen molar-refractivity contribution in [2.45, 2.75) is 24.7 Å². The highest BCUT2D eigenvalue weighted by atomic mass is 32.1. The zero-order valence-electron chi connectivity index (χ0n) is 12.6. The molecule has 0 saturated heterocycles. The third-order valence-electron chi connectivity index (χ3n) is 3.44. The van der Waals surface area contributed by atoms with Crippen molar-refractivity contribution in [1.29, 1.82) is 0 Å². The van der Waals surface area contributed by atoms with Crippen molar-refractivity contribution >= 4 is 35.2 Å². The van der Waals surface area contributed by atoms with E-state index in [-0.39, 0.29) is 34.5 Å². The van der Waals surface area contributed by atoms with Crippen LogP contribution in [-0.4, -0.2) is 57.5 Å². The Bertz CT molecular complexity index is 663. The van der Waals surface area contributed by atoms with Gasteiger partial charge in [0.2, 0.25) is 0 Å². The second-order valence-electron chi connectivity index (χ2n) is 5.16. The van der Waals surface area contributed by atoms with E-state index in [0.29, 0.717) is 11.3 Å². The summed E-state index contributed by atoms with van der Waals surface area (Å²) < 4.78 is 10.7. The molecule has 136 valence electrons. The van der Waals surface area contributed by atoms with Gasteiger partial charge in [0.25, 0.3) is 0 Å². The van der Waals surface area contributed by atoms with E-state index >= 15 is 0 Å². The molecule has 0 spiro atoms. The monoisotopic (exact) mass is 374 g/mol. The third kappa shape index (κ3) is 3.99. The van der Waals surface area contributed by atoms with Crippen LogP contribution < -0.4 is 9.47 Å². The molecule has 2 heterocycles. The molecule has 2 unspecified atom stereocenters. The number of ether oxygens (including phenoxy) is 2. The first-order chi connectivity index (χ1) is 11.7. The minimum atomic E-state index is -1.47. The Morgan fingerprint density at radius 1 is 0.800 bits per heavy atom. The molecular formula is C14H14O10S. The SMILES string of the molecule is O=C(O)CC(C(=O)O)c1sc(C(CC(=O)O)C(=O)O)c2c1OCCO2. The fourth-order valence-electron chi connectivity index (χ4n) is 2.39. The third-order valence-corrected chi connectivity index (χ3v) is 4.82.